The van der Waals surface area contributed by atoms with Gasteiger partial charge in [0.15, 0.2) is 0 Å². The van der Waals surface area contributed by atoms with E-state index >= 15 is 0 Å². The quantitative estimate of drug-likeness (QED) is 0.511. The van der Waals surface area contributed by atoms with Gasteiger partial charge < -0.3 is 15.5 Å². The molecular weight excluding hydrogens is 449 g/mol. The molecule has 1 aliphatic heterocycles. The summed E-state index contributed by atoms with van der Waals surface area (Å²) in [6, 6.07) is 11.7. The van der Waals surface area contributed by atoms with Gasteiger partial charge in [-0.1, -0.05) is 29.8 Å². The summed E-state index contributed by atoms with van der Waals surface area (Å²) in [5, 5.41) is 7.34. The lowest BCUT2D eigenvalue weighted by atomic mass is 9.97. The van der Waals surface area contributed by atoms with E-state index in [1.165, 1.54) is 23.7 Å². The van der Waals surface area contributed by atoms with Gasteiger partial charge in [-0.3, -0.25) is 0 Å². The van der Waals surface area contributed by atoms with E-state index in [9.17, 15) is 9.18 Å². The topological polar surface area (TPSA) is 70.2 Å². The minimum absolute atomic E-state index is 0.220. The molecule has 1 aliphatic rings. The number of rotatable bonds is 6. The standard InChI is InChI=1S/C23H25ClFN5OS/c1-15-2-7-19(13-20(15)24)27-22(31)26-14-17-8-10-30(11-9-17)23-28-21(29-32-23)12-16-3-5-18(25)6-4-16/h2-7,13,17H,8-12,14H2,1H3,(H2,26,27,31). The highest BCUT2D eigenvalue weighted by atomic mass is 35.5. The molecule has 3 aromatic rings. The fourth-order valence-electron chi connectivity index (χ4n) is 3.64. The molecule has 0 aliphatic carbocycles. The number of hydrogen-bond donors (Lipinski definition) is 2. The van der Waals surface area contributed by atoms with Crippen LogP contribution < -0.4 is 15.5 Å². The Balaban J connectivity index is 1.21. The molecule has 1 saturated heterocycles. The van der Waals surface area contributed by atoms with Crippen LogP contribution in [0, 0.1) is 18.7 Å². The van der Waals surface area contributed by atoms with E-state index in [1.54, 1.807) is 18.2 Å². The maximum absolute atomic E-state index is 13.1. The van der Waals surface area contributed by atoms with Gasteiger partial charge in [-0.15, -0.1) is 0 Å². The number of nitrogens with one attached hydrogen (secondary N) is 2. The van der Waals surface area contributed by atoms with Gasteiger partial charge in [0.1, 0.15) is 11.6 Å². The van der Waals surface area contributed by atoms with Crippen molar-refractivity contribution < 1.29 is 9.18 Å². The maximum atomic E-state index is 13.1. The second-order valence-corrected chi connectivity index (χ2v) is 9.16. The van der Waals surface area contributed by atoms with Gasteiger partial charge >= 0.3 is 6.03 Å². The zero-order chi connectivity index (χ0) is 22.5. The number of halogens is 2. The SMILES string of the molecule is Cc1ccc(NC(=O)NCC2CCN(c3nc(Cc4ccc(F)cc4)ns3)CC2)cc1Cl. The van der Waals surface area contributed by atoms with Crippen molar-refractivity contribution in [2.45, 2.75) is 26.2 Å². The number of benzene rings is 2. The number of nitrogens with zero attached hydrogens (tertiary/aromatic N) is 3. The number of amides is 2. The first-order chi connectivity index (χ1) is 15.5. The van der Waals surface area contributed by atoms with Crippen molar-refractivity contribution in [3.63, 3.8) is 0 Å². The number of aryl methyl sites for hydroxylation is 1. The summed E-state index contributed by atoms with van der Waals surface area (Å²) in [5.74, 6) is 0.938. The van der Waals surface area contributed by atoms with Gasteiger partial charge in [0, 0.05) is 48.3 Å². The van der Waals surface area contributed by atoms with Crippen molar-refractivity contribution in [3.05, 3.63) is 70.3 Å². The van der Waals surface area contributed by atoms with Crippen LogP contribution in [-0.4, -0.2) is 35.0 Å². The number of aromatic nitrogens is 2. The molecule has 6 nitrogen and oxygen atoms in total. The summed E-state index contributed by atoms with van der Waals surface area (Å²) in [4.78, 5) is 19.1. The van der Waals surface area contributed by atoms with Gasteiger partial charge in [0.25, 0.3) is 0 Å². The molecule has 2 amide bonds. The molecule has 168 valence electrons. The van der Waals surface area contributed by atoms with Crippen LogP contribution in [0.4, 0.5) is 20.0 Å². The van der Waals surface area contributed by atoms with E-state index in [4.69, 9.17) is 11.6 Å². The molecule has 9 heteroatoms. The van der Waals surface area contributed by atoms with Crippen LogP contribution in [0.1, 0.15) is 29.8 Å². The zero-order valence-electron chi connectivity index (χ0n) is 17.8. The summed E-state index contributed by atoms with van der Waals surface area (Å²) >= 11 is 7.51. The minimum atomic E-state index is -0.241. The first-order valence-electron chi connectivity index (χ1n) is 10.6. The average molecular weight is 474 g/mol. The molecule has 2 heterocycles. The number of hydrogen-bond acceptors (Lipinski definition) is 5. The predicted molar refractivity (Wildman–Crippen MR) is 127 cm³/mol. The second-order valence-electron chi connectivity index (χ2n) is 8.03. The van der Waals surface area contributed by atoms with Gasteiger partial charge in [0.2, 0.25) is 5.13 Å². The molecule has 1 aromatic heterocycles. The van der Waals surface area contributed by atoms with Gasteiger partial charge in [0.05, 0.1) is 0 Å². The van der Waals surface area contributed by atoms with E-state index < -0.39 is 0 Å². The highest BCUT2D eigenvalue weighted by molar-refractivity contribution is 7.09. The van der Waals surface area contributed by atoms with Gasteiger partial charge in [-0.05, 0) is 61.1 Å². The number of anilines is 2. The summed E-state index contributed by atoms with van der Waals surface area (Å²) < 4.78 is 17.5. The lowest BCUT2D eigenvalue weighted by Crippen LogP contribution is -2.39. The predicted octanol–water partition coefficient (Wildman–Crippen LogP) is 5.27. The molecule has 32 heavy (non-hydrogen) atoms. The Morgan fingerprint density at radius 2 is 1.97 bits per heavy atom. The maximum Gasteiger partial charge on any atom is 0.319 e. The third kappa shape index (κ3) is 5.95. The lowest BCUT2D eigenvalue weighted by molar-refractivity contribution is 0.248. The first-order valence-corrected chi connectivity index (χ1v) is 11.7. The monoisotopic (exact) mass is 473 g/mol. The van der Waals surface area contributed by atoms with Crippen LogP contribution >= 0.6 is 23.1 Å². The Morgan fingerprint density at radius 3 is 2.69 bits per heavy atom. The summed E-state index contributed by atoms with van der Waals surface area (Å²) in [5.41, 5.74) is 2.65. The van der Waals surface area contributed by atoms with Crippen LogP contribution in [0.15, 0.2) is 42.5 Å². The second kappa shape index (κ2) is 10.3. The van der Waals surface area contributed by atoms with Crippen molar-refractivity contribution in [3.8, 4) is 0 Å². The minimum Gasteiger partial charge on any atom is -0.347 e. The number of carbonyl (C=O) groups is 1. The zero-order valence-corrected chi connectivity index (χ0v) is 19.3. The molecule has 0 saturated carbocycles. The van der Waals surface area contributed by atoms with Crippen LogP contribution in [0.2, 0.25) is 5.02 Å². The number of carbonyl (C=O) groups excluding carboxylic acids is 1. The summed E-state index contributed by atoms with van der Waals surface area (Å²) in [7, 11) is 0. The third-order valence-electron chi connectivity index (χ3n) is 5.60. The van der Waals surface area contributed by atoms with E-state index in [-0.39, 0.29) is 11.8 Å². The van der Waals surface area contributed by atoms with E-state index in [1.807, 2.05) is 19.1 Å². The summed E-state index contributed by atoms with van der Waals surface area (Å²) in [6.45, 7) is 4.32. The smallest absolute Gasteiger partial charge is 0.319 e. The molecule has 2 N–H and O–H groups in total. The fraction of sp³-hybridized carbons (Fsp3) is 0.348. The normalized spacial score (nSPS) is 14.4. The van der Waals surface area contributed by atoms with Crippen LogP contribution in [-0.2, 0) is 6.42 Å². The Kier molecular flexibility index (Phi) is 7.22. The van der Waals surface area contributed by atoms with Crippen molar-refractivity contribution in [2.75, 3.05) is 29.9 Å². The molecule has 4 rings (SSSR count). The first kappa shape index (κ1) is 22.5. The van der Waals surface area contributed by atoms with Crippen molar-refractivity contribution in [1.82, 2.24) is 14.7 Å². The fourth-order valence-corrected chi connectivity index (χ4v) is 4.56. The van der Waals surface area contributed by atoms with E-state index in [0.29, 0.717) is 29.6 Å². The molecule has 0 atom stereocenters. The highest BCUT2D eigenvalue weighted by Crippen LogP contribution is 2.25. The number of urea groups is 1. The molecule has 0 spiro atoms. The van der Waals surface area contributed by atoms with Crippen molar-refractivity contribution in [2.24, 2.45) is 5.92 Å². The average Bonchev–Trinajstić information content (AvgIpc) is 3.25. The van der Waals surface area contributed by atoms with E-state index in [0.717, 1.165) is 48.0 Å². The van der Waals surface area contributed by atoms with E-state index in [2.05, 4.69) is 24.9 Å². The Labute approximate surface area is 196 Å². The van der Waals surface area contributed by atoms with Gasteiger partial charge in [-0.2, -0.15) is 4.37 Å². The van der Waals surface area contributed by atoms with Crippen molar-refractivity contribution >= 4 is 40.0 Å². The molecule has 2 aromatic carbocycles. The third-order valence-corrected chi connectivity index (χ3v) is 6.82. The lowest BCUT2D eigenvalue weighted by Gasteiger charge is -2.31. The summed E-state index contributed by atoms with van der Waals surface area (Å²) in [6.07, 6.45) is 2.55. The van der Waals surface area contributed by atoms with Crippen molar-refractivity contribution in [1.29, 1.82) is 0 Å². The Morgan fingerprint density at radius 1 is 1.22 bits per heavy atom. The molecule has 1 fully saturated rings. The Bertz CT molecular complexity index is 1070. The van der Waals surface area contributed by atoms with Crippen LogP contribution in [0.5, 0.6) is 0 Å². The molecular formula is C23H25ClFN5OS. The largest absolute Gasteiger partial charge is 0.347 e. The van der Waals surface area contributed by atoms with Crippen LogP contribution in [0.3, 0.4) is 0 Å². The number of piperidine rings is 1. The highest BCUT2D eigenvalue weighted by Gasteiger charge is 2.22. The molecule has 0 radical (unpaired) electrons. The van der Waals surface area contributed by atoms with Crippen LogP contribution in [0.25, 0.3) is 0 Å². The molecule has 0 bridgehead atoms. The molecule has 0 unspecified atom stereocenters. The Hall–Kier alpha value is -2.71. The van der Waals surface area contributed by atoms with Gasteiger partial charge in [-0.25, -0.2) is 14.2 Å².